The monoisotopic (exact) mass is 400 g/mol. The van der Waals surface area contributed by atoms with Crippen molar-refractivity contribution in [2.75, 3.05) is 45.8 Å². The molecule has 1 N–H and O–H groups in total. The minimum atomic E-state index is -0.304. The van der Waals surface area contributed by atoms with Gasteiger partial charge in [-0.25, -0.2) is 4.39 Å². The zero-order valence-corrected chi connectivity index (χ0v) is 17.2. The highest BCUT2D eigenvalue weighted by Gasteiger charge is 2.28. The second-order valence-corrected chi connectivity index (χ2v) is 8.40. The van der Waals surface area contributed by atoms with Crippen molar-refractivity contribution in [3.05, 3.63) is 35.3 Å². The van der Waals surface area contributed by atoms with Gasteiger partial charge in [-0.05, 0) is 43.4 Å². The molecule has 1 atom stereocenters. The van der Waals surface area contributed by atoms with Gasteiger partial charge in [0.1, 0.15) is 11.5 Å². The lowest BCUT2D eigenvalue weighted by molar-refractivity contribution is -0.130. The zero-order chi connectivity index (χ0) is 20.5. The van der Waals surface area contributed by atoms with E-state index in [-0.39, 0.29) is 17.6 Å². The maximum Gasteiger partial charge on any atom is 0.270 e. The first-order valence-corrected chi connectivity index (χ1v) is 10.5. The average Bonchev–Trinajstić information content (AvgIpc) is 3.18. The number of fused-ring (bicyclic) bond motifs is 1. The summed E-state index contributed by atoms with van der Waals surface area (Å²) in [5, 5.41) is 0.477. The number of aryl methyl sites for hydroxylation is 1. The first-order valence-electron chi connectivity index (χ1n) is 10.5. The lowest BCUT2D eigenvalue weighted by Gasteiger charge is -2.39. The topological polar surface area (TPSA) is 59.7 Å². The summed E-state index contributed by atoms with van der Waals surface area (Å²) in [5.41, 5.74) is 2.09. The maximum atomic E-state index is 14.1. The Labute approximate surface area is 170 Å². The molecule has 7 heteroatoms. The molecule has 4 rings (SSSR count). The Balaban J connectivity index is 1.40. The summed E-state index contributed by atoms with van der Waals surface area (Å²) in [6.45, 7) is 9.31. The third-order valence-corrected chi connectivity index (χ3v) is 6.32. The summed E-state index contributed by atoms with van der Waals surface area (Å²) in [5.74, 6) is 0.219. The van der Waals surface area contributed by atoms with Crippen molar-refractivity contribution in [2.24, 2.45) is 5.92 Å². The Morgan fingerprint density at radius 1 is 1.14 bits per heavy atom. The molecule has 0 saturated carbocycles. The fraction of sp³-hybridized carbons (Fsp3) is 0.545. The van der Waals surface area contributed by atoms with Crippen LogP contribution in [-0.4, -0.2) is 77.3 Å². The van der Waals surface area contributed by atoms with Crippen LogP contribution < -0.4 is 0 Å². The van der Waals surface area contributed by atoms with Crippen molar-refractivity contribution in [3.8, 4) is 0 Å². The number of benzene rings is 1. The van der Waals surface area contributed by atoms with Gasteiger partial charge in [-0.3, -0.25) is 14.5 Å². The second-order valence-electron chi connectivity index (χ2n) is 8.40. The molecular weight excluding hydrogens is 371 g/mol. The molecule has 2 fully saturated rings. The van der Waals surface area contributed by atoms with Crippen LogP contribution in [0.5, 0.6) is 0 Å². The van der Waals surface area contributed by atoms with Crippen molar-refractivity contribution in [3.63, 3.8) is 0 Å². The van der Waals surface area contributed by atoms with Crippen molar-refractivity contribution < 1.29 is 14.0 Å². The SMILES string of the molecule is CC(=O)N1CCN(CC2CCCN(C(=O)c3cc4c(F)ccc(C)c4[nH]3)C2)CC1. The number of carbonyl (C=O) groups excluding carboxylic acids is 2. The Kier molecular flexibility index (Phi) is 5.58. The number of hydrogen-bond acceptors (Lipinski definition) is 3. The van der Waals surface area contributed by atoms with Crippen LogP contribution in [0.3, 0.4) is 0 Å². The van der Waals surface area contributed by atoms with Gasteiger partial charge < -0.3 is 14.8 Å². The minimum absolute atomic E-state index is 0.0499. The molecule has 2 amide bonds. The standard InChI is InChI=1S/C22H29FN4O2/c1-15-5-6-19(23)18-12-20(24-21(15)18)22(29)27-7-3-4-17(14-27)13-25-8-10-26(11-9-25)16(2)28/h5-6,12,17,24H,3-4,7-11,13-14H2,1-2H3. The van der Waals surface area contributed by atoms with Crippen LogP contribution >= 0.6 is 0 Å². The van der Waals surface area contributed by atoms with E-state index in [2.05, 4.69) is 9.88 Å². The number of carbonyl (C=O) groups is 2. The number of halogens is 1. The van der Waals surface area contributed by atoms with E-state index in [1.54, 1.807) is 19.1 Å². The summed E-state index contributed by atoms with van der Waals surface area (Å²) in [4.78, 5) is 33.9. The molecule has 1 aromatic carbocycles. The molecule has 2 saturated heterocycles. The van der Waals surface area contributed by atoms with Crippen molar-refractivity contribution >= 4 is 22.7 Å². The lowest BCUT2D eigenvalue weighted by atomic mass is 9.96. The lowest BCUT2D eigenvalue weighted by Crippen LogP contribution is -2.51. The first kappa shape index (κ1) is 19.9. The fourth-order valence-corrected chi connectivity index (χ4v) is 4.62. The average molecular weight is 400 g/mol. The fourth-order valence-electron chi connectivity index (χ4n) is 4.62. The number of amides is 2. The van der Waals surface area contributed by atoms with E-state index in [4.69, 9.17) is 0 Å². The highest BCUT2D eigenvalue weighted by Crippen LogP contribution is 2.25. The number of aromatic nitrogens is 1. The molecule has 6 nitrogen and oxygen atoms in total. The summed E-state index contributed by atoms with van der Waals surface area (Å²) in [7, 11) is 0. The largest absolute Gasteiger partial charge is 0.350 e. The number of H-pyrrole nitrogens is 1. The molecular formula is C22H29FN4O2. The van der Waals surface area contributed by atoms with Crippen LogP contribution in [-0.2, 0) is 4.79 Å². The van der Waals surface area contributed by atoms with Crippen molar-refractivity contribution in [1.29, 1.82) is 0 Å². The van der Waals surface area contributed by atoms with Crippen molar-refractivity contribution in [1.82, 2.24) is 19.7 Å². The Morgan fingerprint density at radius 3 is 2.59 bits per heavy atom. The van der Waals surface area contributed by atoms with E-state index in [9.17, 15) is 14.0 Å². The van der Waals surface area contributed by atoms with Crippen LogP contribution in [0.2, 0.25) is 0 Å². The zero-order valence-electron chi connectivity index (χ0n) is 17.2. The Hall–Kier alpha value is -2.41. The summed E-state index contributed by atoms with van der Waals surface area (Å²) < 4.78 is 14.1. The third kappa shape index (κ3) is 4.15. The van der Waals surface area contributed by atoms with Crippen LogP contribution in [0, 0.1) is 18.7 Å². The van der Waals surface area contributed by atoms with Gasteiger partial charge in [0, 0.05) is 58.1 Å². The number of rotatable bonds is 3. The number of piperidine rings is 1. The van der Waals surface area contributed by atoms with Gasteiger partial charge >= 0.3 is 0 Å². The minimum Gasteiger partial charge on any atom is -0.350 e. The summed E-state index contributed by atoms with van der Waals surface area (Å²) >= 11 is 0. The number of nitrogens with one attached hydrogen (secondary N) is 1. The van der Waals surface area contributed by atoms with Gasteiger partial charge in [0.25, 0.3) is 5.91 Å². The summed E-state index contributed by atoms with van der Waals surface area (Å²) in [6.07, 6.45) is 2.09. The number of nitrogens with zero attached hydrogens (tertiary/aromatic N) is 3. The highest BCUT2D eigenvalue weighted by molar-refractivity contribution is 5.98. The van der Waals surface area contributed by atoms with Gasteiger partial charge in [0.2, 0.25) is 5.91 Å². The molecule has 0 aliphatic carbocycles. The predicted octanol–water partition coefficient (Wildman–Crippen LogP) is 2.63. The molecule has 0 spiro atoms. The number of hydrogen-bond donors (Lipinski definition) is 1. The molecule has 156 valence electrons. The molecule has 3 heterocycles. The summed E-state index contributed by atoms with van der Waals surface area (Å²) in [6, 6.07) is 4.82. The molecule has 0 bridgehead atoms. The normalized spacial score (nSPS) is 21.0. The molecule has 2 aromatic rings. The smallest absolute Gasteiger partial charge is 0.270 e. The molecule has 29 heavy (non-hydrogen) atoms. The van der Waals surface area contributed by atoms with Gasteiger partial charge in [-0.15, -0.1) is 0 Å². The van der Waals surface area contributed by atoms with E-state index in [1.165, 1.54) is 6.07 Å². The van der Waals surface area contributed by atoms with E-state index in [0.29, 0.717) is 22.5 Å². The molecule has 0 radical (unpaired) electrons. The quantitative estimate of drug-likeness (QED) is 0.862. The van der Waals surface area contributed by atoms with Gasteiger partial charge in [-0.2, -0.15) is 0 Å². The van der Waals surface area contributed by atoms with E-state index in [0.717, 1.165) is 64.2 Å². The van der Waals surface area contributed by atoms with Crippen LogP contribution in [0.25, 0.3) is 10.9 Å². The van der Waals surface area contributed by atoms with Crippen LogP contribution in [0.1, 0.15) is 35.8 Å². The van der Waals surface area contributed by atoms with Crippen molar-refractivity contribution in [2.45, 2.75) is 26.7 Å². The molecule has 2 aliphatic heterocycles. The van der Waals surface area contributed by atoms with Gasteiger partial charge in [0.15, 0.2) is 0 Å². The molecule has 1 aromatic heterocycles. The Morgan fingerprint density at radius 2 is 1.90 bits per heavy atom. The van der Waals surface area contributed by atoms with Gasteiger partial charge in [-0.1, -0.05) is 6.07 Å². The molecule has 2 aliphatic rings. The highest BCUT2D eigenvalue weighted by atomic mass is 19.1. The van der Waals surface area contributed by atoms with E-state index >= 15 is 0 Å². The number of piperazine rings is 1. The van der Waals surface area contributed by atoms with E-state index in [1.807, 2.05) is 16.7 Å². The number of aromatic amines is 1. The van der Waals surface area contributed by atoms with Crippen LogP contribution in [0.15, 0.2) is 18.2 Å². The van der Waals surface area contributed by atoms with Gasteiger partial charge in [0.05, 0.1) is 5.52 Å². The van der Waals surface area contributed by atoms with Crippen LogP contribution in [0.4, 0.5) is 4.39 Å². The molecule has 1 unspecified atom stereocenters. The third-order valence-electron chi connectivity index (χ3n) is 6.32. The number of likely N-dealkylation sites (tertiary alicyclic amines) is 1. The predicted molar refractivity (Wildman–Crippen MR) is 110 cm³/mol. The maximum absolute atomic E-state index is 14.1. The Bertz CT molecular complexity index is 878. The van der Waals surface area contributed by atoms with E-state index < -0.39 is 0 Å². The first-order chi connectivity index (χ1) is 13.9. The second kappa shape index (κ2) is 8.14.